The van der Waals surface area contributed by atoms with Crippen LogP contribution in [0.2, 0.25) is 0 Å². The first-order valence-electron chi connectivity index (χ1n) is 6.21. The van der Waals surface area contributed by atoms with Crippen LogP contribution >= 0.6 is 23.1 Å². The second kappa shape index (κ2) is 4.03. The minimum absolute atomic E-state index is 0.409. The zero-order valence-electron chi connectivity index (χ0n) is 10.6. The lowest BCUT2D eigenvalue weighted by atomic mass is 9.87. The van der Waals surface area contributed by atoms with Crippen molar-refractivity contribution in [2.45, 2.75) is 43.8 Å². The van der Waals surface area contributed by atoms with Crippen LogP contribution in [0.3, 0.4) is 0 Å². The summed E-state index contributed by atoms with van der Waals surface area (Å²) in [6.07, 6.45) is 2.56. The normalized spacial score (nSPS) is 20.5. The predicted octanol–water partition coefficient (Wildman–Crippen LogP) is 5.35. The van der Waals surface area contributed by atoms with Gasteiger partial charge in [0.25, 0.3) is 0 Å². The molecule has 0 N–H and O–H groups in total. The molecule has 0 spiro atoms. The van der Waals surface area contributed by atoms with Gasteiger partial charge in [0.15, 0.2) is 0 Å². The smallest absolute Gasteiger partial charge is 0.0346 e. The Morgan fingerprint density at radius 3 is 2.76 bits per heavy atom. The van der Waals surface area contributed by atoms with E-state index in [4.69, 9.17) is 0 Å². The van der Waals surface area contributed by atoms with Gasteiger partial charge in [-0.15, -0.1) is 23.1 Å². The minimum Gasteiger partial charge on any atom is -0.144 e. The second-order valence-corrected chi connectivity index (χ2v) is 8.08. The zero-order valence-corrected chi connectivity index (χ0v) is 12.3. The van der Waals surface area contributed by atoms with Crippen LogP contribution in [0.4, 0.5) is 0 Å². The Bertz CT molecular complexity index is 546. The molecule has 0 aliphatic carbocycles. The number of hydrogen-bond donors (Lipinski definition) is 0. The maximum absolute atomic E-state index is 2.36. The summed E-state index contributed by atoms with van der Waals surface area (Å²) in [5.41, 5.74) is 2.00. The van der Waals surface area contributed by atoms with Gasteiger partial charge >= 0.3 is 0 Å². The number of thioether (sulfide) groups is 1. The third kappa shape index (κ3) is 2.02. The lowest BCUT2D eigenvalue weighted by molar-refractivity contribution is 0.376. The molecule has 1 unspecified atom stereocenters. The zero-order chi connectivity index (χ0) is 12.0. The van der Waals surface area contributed by atoms with E-state index < -0.39 is 0 Å². The Hall–Kier alpha value is -0.470. The summed E-state index contributed by atoms with van der Waals surface area (Å²) in [5, 5.41) is 4.46. The largest absolute Gasteiger partial charge is 0.144 e. The van der Waals surface area contributed by atoms with E-state index in [9.17, 15) is 0 Å². The molecule has 1 aliphatic rings. The SMILES string of the molecule is CC(C)(C)C1CCc2c(ccc3sccc23)S1. The van der Waals surface area contributed by atoms with Gasteiger partial charge < -0.3 is 0 Å². The second-order valence-electron chi connectivity index (χ2n) is 5.89. The van der Waals surface area contributed by atoms with Gasteiger partial charge in [0.1, 0.15) is 0 Å². The third-order valence-corrected chi connectivity index (χ3v) is 6.34. The minimum atomic E-state index is 0.409. The van der Waals surface area contributed by atoms with Gasteiger partial charge in [-0.3, -0.25) is 0 Å². The molecule has 1 aliphatic heterocycles. The maximum atomic E-state index is 2.36. The average molecular weight is 262 g/mol. The number of fused-ring (bicyclic) bond motifs is 3. The van der Waals surface area contributed by atoms with Crippen molar-refractivity contribution in [2.24, 2.45) is 5.41 Å². The highest BCUT2D eigenvalue weighted by Crippen LogP contribution is 2.45. The van der Waals surface area contributed by atoms with Crippen molar-refractivity contribution in [3.8, 4) is 0 Å². The molecule has 1 aromatic heterocycles. The molecule has 2 heteroatoms. The summed E-state index contributed by atoms with van der Waals surface area (Å²) in [6, 6.07) is 6.91. The summed E-state index contributed by atoms with van der Waals surface area (Å²) in [4.78, 5) is 1.52. The van der Waals surface area contributed by atoms with Gasteiger partial charge in [0.2, 0.25) is 0 Å². The summed E-state index contributed by atoms with van der Waals surface area (Å²) >= 11 is 3.94. The van der Waals surface area contributed by atoms with E-state index in [0.717, 1.165) is 5.25 Å². The Kier molecular flexibility index (Phi) is 2.75. The van der Waals surface area contributed by atoms with Crippen LogP contribution in [0.1, 0.15) is 32.8 Å². The highest BCUT2D eigenvalue weighted by molar-refractivity contribution is 8.00. The molecule has 0 radical (unpaired) electrons. The monoisotopic (exact) mass is 262 g/mol. The quantitative estimate of drug-likeness (QED) is 0.616. The highest BCUT2D eigenvalue weighted by Gasteiger charge is 2.30. The predicted molar refractivity (Wildman–Crippen MR) is 79.2 cm³/mol. The Morgan fingerprint density at radius 2 is 2.00 bits per heavy atom. The van der Waals surface area contributed by atoms with Crippen LogP contribution in [0.25, 0.3) is 10.1 Å². The fourth-order valence-electron chi connectivity index (χ4n) is 2.55. The molecular weight excluding hydrogens is 244 g/mol. The number of rotatable bonds is 0. The van der Waals surface area contributed by atoms with Crippen molar-refractivity contribution >= 4 is 33.2 Å². The van der Waals surface area contributed by atoms with Gasteiger partial charge in [0.05, 0.1) is 0 Å². The summed E-state index contributed by atoms with van der Waals surface area (Å²) < 4.78 is 1.44. The summed E-state index contributed by atoms with van der Waals surface area (Å²) in [7, 11) is 0. The first-order valence-corrected chi connectivity index (χ1v) is 7.97. The fraction of sp³-hybridized carbons (Fsp3) is 0.467. The Balaban J connectivity index is 2.03. The summed E-state index contributed by atoms with van der Waals surface area (Å²) in [5.74, 6) is 0. The van der Waals surface area contributed by atoms with Crippen molar-refractivity contribution in [3.63, 3.8) is 0 Å². The van der Waals surface area contributed by atoms with E-state index in [1.807, 2.05) is 11.3 Å². The standard InChI is InChI=1S/C15H18S2/c1-15(2,3)14-7-4-10-11-8-9-16-12(11)5-6-13(10)17-14/h5-6,8-9,14H,4,7H2,1-3H3. The molecule has 90 valence electrons. The fourth-order valence-corrected chi connectivity index (χ4v) is 4.76. The van der Waals surface area contributed by atoms with Crippen LogP contribution in [0.15, 0.2) is 28.5 Å². The van der Waals surface area contributed by atoms with Crippen LogP contribution in [0.5, 0.6) is 0 Å². The summed E-state index contributed by atoms with van der Waals surface area (Å²) in [6.45, 7) is 7.08. The number of benzene rings is 1. The van der Waals surface area contributed by atoms with Crippen LogP contribution < -0.4 is 0 Å². The molecule has 17 heavy (non-hydrogen) atoms. The Labute approximate surface area is 111 Å². The first-order chi connectivity index (χ1) is 8.05. The van der Waals surface area contributed by atoms with E-state index in [1.54, 1.807) is 5.56 Å². The molecule has 2 heterocycles. The number of aryl methyl sites for hydroxylation is 1. The first kappa shape index (κ1) is 11.6. The Morgan fingerprint density at radius 1 is 1.18 bits per heavy atom. The molecule has 0 bridgehead atoms. The average Bonchev–Trinajstić information content (AvgIpc) is 2.75. The molecule has 2 aromatic rings. The number of thiophene rings is 1. The van der Waals surface area contributed by atoms with Crippen molar-refractivity contribution in [2.75, 3.05) is 0 Å². The van der Waals surface area contributed by atoms with Gasteiger partial charge in [0, 0.05) is 14.8 Å². The molecule has 0 nitrogen and oxygen atoms in total. The molecule has 0 saturated carbocycles. The topological polar surface area (TPSA) is 0 Å². The van der Waals surface area contributed by atoms with Crippen LogP contribution in [-0.2, 0) is 6.42 Å². The lowest BCUT2D eigenvalue weighted by Crippen LogP contribution is -2.26. The van der Waals surface area contributed by atoms with Gasteiger partial charge in [-0.25, -0.2) is 0 Å². The molecular formula is C15H18S2. The maximum Gasteiger partial charge on any atom is 0.0346 e. The molecule has 1 aromatic carbocycles. The van der Waals surface area contributed by atoms with Crippen molar-refractivity contribution in [1.82, 2.24) is 0 Å². The van der Waals surface area contributed by atoms with E-state index in [-0.39, 0.29) is 0 Å². The van der Waals surface area contributed by atoms with Crippen LogP contribution in [0, 0.1) is 5.41 Å². The van der Waals surface area contributed by atoms with E-state index in [0.29, 0.717) is 5.41 Å². The lowest BCUT2D eigenvalue weighted by Gasteiger charge is -2.34. The highest BCUT2D eigenvalue weighted by atomic mass is 32.2. The van der Waals surface area contributed by atoms with Gasteiger partial charge in [-0.2, -0.15) is 0 Å². The van der Waals surface area contributed by atoms with Crippen molar-refractivity contribution < 1.29 is 0 Å². The molecule has 1 atom stereocenters. The van der Waals surface area contributed by atoms with E-state index in [1.165, 1.54) is 27.8 Å². The van der Waals surface area contributed by atoms with Crippen molar-refractivity contribution in [3.05, 3.63) is 29.1 Å². The van der Waals surface area contributed by atoms with Gasteiger partial charge in [-0.05, 0) is 52.8 Å². The van der Waals surface area contributed by atoms with Crippen LogP contribution in [-0.4, -0.2) is 5.25 Å². The third-order valence-electron chi connectivity index (χ3n) is 3.60. The van der Waals surface area contributed by atoms with Crippen molar-refractivity contribution in [1.29, 1.82) is 0 Å². The molecule has 0 fully saturated rings. The molecule has 0 amide bonds. The molecule has 3 rings (SSSR count). The molecule has 0 saturated heterocycles. The number of hydrogen-bond acceptors (Lipinski definition) is 2. The van der Waals surface area contributed by atoms with E-state index >= 15 is 0 Å². The van der Waals surface area contributed by atoms with Gasteiger partial charge in [-0.1, -0.05) is 20.8 Å². The van der Waals surface area contributed by atoms with E-state index in [2.05, 4.69) is 56.1 Å².